The molecule has 0 aliphatic carbocycles. The number of non-ortho nitro benzene ring substituents is 1. The van der Waals surface area contributed by atoms with Gasteiger partial charge in [0.15, 0.2) is 0 Å². The zero-order valence-corrected chi connectivity index (χ0v) is 13.8. The Kier molecular flexibility index (Phi) is 3.87. The first-order chi connectivity index (χ1) is 12.2. The van der Waals surface area contributed by atoms with E-state index < -0.39 is 4.92 Å². The summed E-state index contributed by atoms with van der Waals surface area (Å²) in [5, 5.41) is 13.8. The molecule has 0 atom stereocenters. The summed E-state index contributed by atoms with van der Waals surface area (Å²) in [7, 11) is 0. The van der Waals surface area contributed by atoms with Gasteiger partial charge in [-0.15, -0.1) is 11.3 Å². The molecule has 0 spiro atoms. The molecule has 0 aliphatic heterocycles. The average molecular weight is 348 g/mol. The van der Waals surface area contributed by atoms with E-state index in [4.69, 9.17) is 4.42 Å². The molecule has 4 rings (SSSR count). The fourth-order valence-corrected chi connectivity index (χ4v) is 3.47. The van der Waals surface area contributed by atoms with Gasteiger partial charge in [-0.3, -0.25) is 10.1 Å². The molecule has 4 aromatic rings. The molecule has 6 heteroatoms. The van der Waals surface area contributed by atoms with E-state index in [1.807, 2.05) is 41.8 Å². The number of nitro groups is 1. The standard InChI is InChI=1S/C19H12N2O3S/c22-21(23)14-8-9-15(18-7-4-10-24-18)16(11-14)19-20-17(12-25-19)13-5-2-1-3-6-13/h1-12H. The molecule has 5 nitrogen and oxygen atoms in total. The number of nitrogens with zero attached hydrogens (tertiary/aromatic N) is 2. The van der Waals surface area contributed by atoms with E-state index in [1.165, 1.54) is 17.4 Å². The van der Waals surface area contributed by atoms with Crippen LogP contribution in [0.15, 0.2) is 76.7 Å². The van der Waals surface area contributed by atoms with Gasteiger partial charge in [0, 0.05) is 34.2 Å². The summed E-state index contributed by atoms with van der Waals surface area (Å²) in [6.45, 7) is 0. The number of furan rings is 1. The predicted octanol–water partition coefficient (Wildman–Crippen LogP) is 5.65. The van der Waals surface area contributed by atoms with Crippen LogP contribution in [0.5, 0.6) is 0 Å². The number of thiazole rings is 1. The number of aromatic nitrogens is 1. The van der Waals surface area contributed by atoms with Crippen LogP contribution < -0.4 is 0 Å². The highest BCUT2D eigenvalue weighted by atomic mass is 32.1. The van der Waals surface area contributed by atoms with Gasteiger partial charge >= 0.3 is 0 Å². The van der Waals surface area contributed by atoms with Crippen molar-refractivity contribution in [3.63, 3.8) is 0 Å². The summed E-state index contributed by atoms with van der Waals surface area (Å²) in [5.74, 6) is 0.654. The molecule has 25 heavy (non-hydrogen) atoms. The van der Waals surface area contributed by atoms with Crippen molar-refractivity contribution in [1.82, 2.24) is 4.98 Å². The molecular weight excluding hydrogens is 336 g/mol. The van der Waals surface area contributed by atoms with Crippen LogP contribution in [-0.2, 0) is 0 Å². The highest BCUT2D eigenvalue weighted by Crippen LogP contribution is 2.38. The molecule has 0 fully saturated rings. The lowest BCUT2D eigenvalue weighted by atomic mass is 10.0. The van der Waals surface area contributed by atoms with Crippen LogP contribution in [0.2, 0.25) is 0 Å². The Hall–Kier alpha value is -3.25. The molecular formula is C19H12N2O3S. The monoisotopic (exact) mass is 348 g/mol. The minimum Gasteiger partial charge on any atom is -0.464 e. The molecule has 122 valence electrons. The second kappa shape index (κ2) is 6.33. The number of hydrogen-bond acceptors (Lipinski definition) is 5. The quantitative estimate of drug-likeness (QED) is 0.353. The smallest absolute Gasteiger partial charge is 0.270 e. The number of hydrogen-bond donors (Lipinski definition) is 0. The maximum Gasteiger partial charge on any atom is 0.270 e. The van der Waals surface area contributed by atoms with Gasteiger partial charge in [-0.1, -0.05) is 30.3 Å². The zero-order valence-electron chi connectivity index (χ0n) is 13.0. The van der Waals surface area contributed by atoms with Gasteiger partial charge in [0.25, 0.3) is 5.69 Å². The van der Waals surface area contributed by atoms with Crippen LogP contribution in [0, 0.1) is 10.1 Å². The maximum atomic E-state index is 11.2. The fourth-order valence-electron chi connectivity index (χ4n) is 2.61. The first-order valence-corrected chi connectivity index (χ1v) is 8.44. The highest BCUT2D eigenvalue weighted by Gasteiger charge is 2.18. The molecule has 0 saturated heterocycles. The molecule has 2 heterocycles. The average Bonchev–Trinajstić information content (AvgIpc) is 3.34. The Bertz CT molecular complexity index is 1020. The Morgan fingerprint density at radius 3 is 2.56 bits per heavy atom. The fraction of sp³-hybridized carbons (Fsp3) is 0. The van der Waals surface area contributed by atoms with E-state index in [2.05, 4.69) is 4.98 Å². The van der Waals surface area contributed by atoms with Crippen molar-refractivity contribution in [2.24, 2.45) is 0 Å². The molecule has 2 aromatic heterocycles. The van der Waals surface area contributed by atoms with Gasteiger partial charge < -0.3 is 4.42 Å². The third kappa shape index (κ3) is 2.95. The summed E-state index contributed by atoms with van der Waals surface area (Å²) in [6.07, 6.45) is 1.58. The summed E-state index contributed by atoms with van der Waals surface area (Å²) in [6, 6.07) is 18.2. The molecule has 0 bridgehead atoms. The van der Waals surface area contributed by atoms with E-state index in [1.54, 1.807) is 24.5 Å². The third-order valence-corrected chi connectivity index (χ3v) is 4.68. The van der Waals surface area contributed by atoms with Crippen LogP contribution in [0.3, 0.4) is 0 Å². The highest BCUT2D eigenvalue weighted by molar-refractivity contribution is 7.13. The van der Waals surface area contributed by atoms with Crippen molar-refractivity contribution >= 4 is 17.0 Å². The predicted molar refractivity (Wildman–Crippen MR) is 97.3 cm³/mol. The van der Waals surface area contributed by atoms with Crippen molar-refractivity contribution in [3.05, 3.63) is 82.4 Å². The largest absolute Gasteiger partial charge is 0.464 e. The molecule has 0 radical (unpaired) electrons. The number of benzene rings is 2. The first kappa shape index (κ1) is 15.3. The Labute approximate surface area is 147 Å². The van der Waals surface area contributed by atoms with Gasteiger partial charge in [0.2, 0.25) is 0 Å². The van der Waals surface area contributed by atoms with Crippen LogP contribution in [0.4, 0.5) is 5.69 Å². The molecule has 0 saturated carbocycles. The van der Waals surface area contributed by atoms with E-state index in [0.717, 1.165) is 16.8 Å². The lowest BCUT2D eigenvalue weighted by Crippen LogP contribution is -1.91. The zero-order chi connectivity index (χ0) is 17.2. The lowest BCUT2D eigenvalue weighted by Gasteiger charge is -2.05. The molecule has 0 unspecified atom stereocenters. The Morgan fingerprint density at radius 1 is 1.00 bits per heavy atom. The van der Waals surface area contributed by atoms with Gasteiger partial charge in [0.05, 0.1) is 16.9 Å². The van der Waals surface area contributed by atoms with Crippen molar-refractivity contribution in [1.29, 1.82) is 0 Å². The van der Waals surface area contributed by atoms with Crippen molar-refractivity contribution in [2.75, 3.05) is 0 Å². The Balaban J connectivity index is 1.85. The Morgan fingerprint density at radius 2 is 1.84 bits per heavy atom. The van der Waals surface area contributed by atoms with Crippen LogP contribution in [-0.4, -0.2) is 9.91 Å². The number of rotatable bonds is 4. The molecule has 0 amide bonds. The second-order valence-corrected chi connectivity index (χ2v) is 6.23. The van der Waals surface area contributed by atoms with E-state index in [-0.39, 0.29) is 5.69 Å². The van der Waals surface area contributed by atoms with E-state index in [9.17, 15) is 10.1 Å². The van der Waals surface area contributed by atoms with Crippen molar-refractivity contribution in [3.8, 4) is 33.2 Å². The van der Waals surface area contributed by atoms with Crippen LogP contribution in [0.25, 0.3) is 33.2 Å². The van der Waals surface area contributed by atoms with E-state index in [0.29, 0.717) is 16.3 Å². The third-order valence-electron chi connectivity index (χ3n) is 3.80. The number of nitro benzene ring substituents is 1. The molecule has 2 aromatic carbocycles. The maximum absolute atomic E-state index is 11.2. The minimum atomic E-state index is -0.402. The summed E-state index contributed by atoms with van der Waals surface area (Å²) in [4.78, 5) is 15.4. The van der Waals surface area contributed by atoms with E-state index >= 15 is 0 Å². The summed E-state index contributed by atoms with van der Waals surface area (Å²) in [5.41, 5.74) is 3.36. The SMILES string of the molecule is O=[N+]([O-])c1ccc(-c2ccco2)c(-c2nc(-c3ccccc3)cs2)c1. The van der Waals surface area contributed by atoms with Gasteiger partial charge in [-0.05, 0) is 18.2 Å². The second-order valence-electron chi connectivity index (χ2n) is 5.37. The van der Waals surface area contributed by atoms with Crippen molar-refractivity contribution in [2.45, 2.75) is 0 Å². The van der Waals surface area contributed by atoms with Crippen molar-refractivity contribution < 1.29 is 9.34 Å². The van der Waals surface area contributed by atoms with Gasteiger partial charge in [-0.2, -0.15) is 0 Å². The summed E-state index contributed by atoms with van der Waals surface area (Å²) < 4.78 is 5.48. The summed E-state index contributed by atoms with van der Waals surface area (Å²) >= 11 is 1.45. The topological polar surface area (TPSA) is 69.2 Å². The van der Waals surface area contributed by atoms with Gasteiger partial charge in [0.1, 0.15) is 10.8 Å². The molecule has 0 aliphatic rings. The van der Waals surface area contributed by atoms with Gasteiger partial charge in [-0.25, -0.2) is 4.98 Å². The first-order valence-electron chi connectivity index (χ1n) is 7.56. The lowest BCUT2D eigenvalue weighted by molar-refractivity contribution is -0.384. The molecule has 0 N–H and O–H groups in total. The minimum absolute atomic E-state index is 0.0294. The van der Waals surface area contributed by atoms with Crippen LogP contribution in [0.1, 0.15) is 0 Å². The normalized spacial score (nSPS) is 10.7. The van der Waals surface area contributed by atoms with Crippen LogP contribution >= 0.6 is 11.3 Å².